The first kappa shape index (κ1) is 14.4. The molecule has 0 saturated carbocycles. The lowest BCUT2D eigenvalue weighted by molar-refractivity contribution is -0.0823. The lowest BCUT2D eigenvalue weighted by Crippen LogP contribution is -2.43. The summed E-state index contributed by atoms with van der Waals surface area (Å²) in [5.41, 5.74) is 9.65. The standard InChI is InChI=1S/C16H25NO2/c1-11-7-8-13(14(18-4)12(11)2)15(17)16(3)9-5-6-10-19-16/h7-8,15H,5-6,9-10,17H2,1-4H3. The Bertz CT molecular complexity index is 450. The Balaban J connectivity index is 2.38. The van der Waals surface area contributed by atoms with Gasteiger partial charge in [-0.15, -0.1) is 0 Å². The molecule has 1 aliphatic heterocycles. The van der Waals surface area contributed by atoms with Crippen molar-refractivity contribution in [3.8, 4) is 5.75 Å². The molecule has 19 heavy (non-hydrogen) atoms. The van der Waals surface area contributed by atoms with Crippen molar-refractivity contribution in [2.75, 3.05) is 13.7 Å². The molecule has 0 radical (unpaired) electrons. The van der Waals surface area contributed by atoms with Gasteiger partial charge >= 0.3 is 0 Å². The van der Waals surface area contributed by atoms with Gasteiger partial charge in [0, 0.05) is 12.2 Å². The van der Waals surface area contributed by atoms with Crippen molar-refractivity contribution in [3.63, 3.8) is 0 Å². The van der Waals surface area contributed by atoms with E-state index < -0.39 is 0 Å². The van der Waals surface area contributed by atoms with Crippen molar-refractivity contribution >= 4 is 0 Å². The second-order valence-electron chi connectivity index (χ2n) is 5.73. The molecule has 1 heterocycles. The minimum atomic E-state index is -0.284. The van der Waals surface area contributed by atoms with Crippen LogP contribution in [-0.2, 0) is 4.74 Å². The second-order valence-corrected chi connectivity index (χ2v) is 5.73. The molecule has 0 aromatic heterocycles. The van der Waals surface area contributed by atoms with Gasteiger partial charge in [-0.2, -0.15) is 0 Å². The highest BCUT2D eigenvalue weighted by Gasteiger charge is 2.37. The number of hydrogen-bond acceptors (Lipinski definition) is 3. The van der Waals surface area contributed by atoms with Crippen molar-refractivity contribution < 1.29 is 9.47 Å². The molecule has 3 nitrogen and oxygen atoms in total. The number of nitrogens with two attached hydrogens (primary N) is 1. The fourth-order valence-corrected chi connectivity index (χ4v) is 2.86. The molecule has 1 aliphatic rings. The van der Waals surface area contributed by atoms with E-state index in [-0.39, 0.29) is 11.6 Å². The minimum Gasteiger partial charge on any atom is -0.496 e. The Kier molecular flexibility index (Phi) is 4.16. The van der Waals surface area contributed by atoms with Gasteiger partial charge in [-0.1, -0.05) is 12.1 Å². The third-order valence-electron chi connectivity index (χ3n) is 4.40. The highest BCUT2D eigenvalue weighted by Crippen LogP contribution is 2.39. The number of benzene rings is 1. The van der Waals surface area contributed by atoms with Gasteiger partial charge in [0.05, 0.1) is 18.8 Å². The zero-order valence-corrected chi connectivity index (χ0v) is 12.5. The van der Waals surface area contributed by atoms with Crippen LogP contribution in [0.1, 0.15) is 48.9 Å². The highest BCUT2D eigenvalue weighted by atomic mass is 16.5. The van der Waals surface area contributed by atoms with Crippen molar-refractivity contribution in [3.05, 3.63) is 28.8 Å². The van der Waals surface area contributed by atoms with Crippen LogP contribution in [0.3, 0.4) is 0 Å². The molecule has 2 rings (SSSR count). The molecule has 1 fully saturated rings. The maximum atomic E-state index is 6.49. The number of aryl methyl sites for hydroxylation is 1. The number of ether oxygens (including phenoxy) is 2. The first-order valence-electron chi connectivity index (χ1n) is 7.03. The lowest BCUT2D eigenvalue weighted by Gasteiger charge is -2.39. The molecule has 2 N–H and O–H groups in total. The summed E-state index contributed by atoms with van der Waals surface area (Å²) in [5, 5.41) is 0. The average molecular weight is 263 g/mol. The van der Waals surface area contributed by atoms with Crippen molar-refractivity contribution in [1.29, 1.82) is 0 Å². The Morgan fingerprint density at radius 2 is 2.05 bits per heavy atom. The van der Waals surface area contributed by atoms with Crippen LogP contribution >= 0.6 is 0 Å². The summed E-state index contributed by atoms with van der Waals surface area (Å²) in [7, 11) is 1.71. The van der Waals surface area contributed by atoms with Gasteiger partial charge in [-0.05, 0) is 51.2 Å². The fraction of sp³-hybridized carbons (Fsp3) is 0.625. The van der Waals surface area contributed by atoms with Gasteiger partial charge in [0.15, 0.2) is 0 Å². The summed E-state index contributed by atoms with van der Waals surface area (Å²) in [6, 6.07) is 4.04. The summed E-state index contributed by atoms with van der Waals surface area (Å²) in [6.45, 7) is 7.09. The summed E-state index contributed by atoms with van der Waals surface area (Å²) in [6.07, 6.45) is 3.31. The Morgan fingerprint density at radius 1 is 1.32 bits per heavy atom. The smallest absolute Gasteiger partial charge is 0.126 e. The predicted molar refractivity (Wildman–Crippen MR) is 77.6 cm³/mol. The quantitative estimate of drug-likeness (QED) is 0.910. The van der Waals surface area contributed by atoms with E-state index in [9.17, 15) is 0 Å². The molecular weight excluding hydrogens is 238 g/mol. The monoisotopic (exact) mass is 263 g/mol. The van der Waals surface area contributed by atoms with E-state index in [1.54, 1.807) is 7.11 Å². The van der Waals surface area contributed by atoms with E-state index in [0.717, 1.165) is 36.3 Å². The number of methoxy groups -OCH3 is 1. The van der Waals surface area contributed by atoms with Crippen LogP contribution in [0.25, 0.3) is 0 Å². The van der Waals surface area contributed by atoms with E-state index in [0.29, 0.717) is 0 Å². The van der Waals surface area contributed by atoms with Gasteiger partial charge in [0.1, 0.15) is 5.75 Å². The molecular formula is C16H25NO2. The van der Waals surface area contributed by atoms with E-state index in [2.05, 4.69) is 32.9 Å². The molecule has 0 aliphatic carbocycles. The number of hydrogen-bond donors (Lipinski definition) is 1. The van der Waals surface area contributed by atoms with Crippen LogP contribution in [0.15, 0.2) is 12.1 Å². The molecule has 1 aromatic rings. The van der Waals surface area contributed by atoms with Gasteiger partial charge < -0.3 is 15.2 Å². The molecule has 1 saturated heterocycles. The topological polar surface area (TPSA) is 44.5 Å². The minimum absolute atomic E-state index is 0.151. The molecule has 0 spiro atoms. The molecule has 0 bridgehead atoms. The molecule has 3 heteroatoms. The third kappa shape index (κ3) is 2.63. The molecule has 0 amide bonds. The summed E-state index contributed by atoms with van der Waals surface area (Å²) >= 11 is 0. The zero-order chi connectivity index (χ0) is 14.0. The Labute approximate surface area is 116 Å². The maximum absolute atomic E-state index is 6.49. The summed E-state index contributed by atoms with van der Waals surface area (Å²) in [5.74, 6) is 0.905. The molecule has 1 aromatic carbocycles. The van der Waals surface area contributed by atoms with Crippen LogP contribution in [0.5, 0.6) is 5.75 Å². The van der Waals surface area contributed by atoms with Gasteiger partial charge in [-0.25, -0.2) is 0 Å². The van der Waals surface area contributed by atoms with Crippen molar-refractivity contribution in [2.24, 2.45) is 5.73 Å². The van der Waals surface area contributed by atoms with Crippen molar-refractivity contribution in [1.82, 2.24) is 0 Å². The van der Waals surface area contributed by atoms with E-state index >= 15 is 0 Å². The Morgan fingerprint density at radius 3 is 2.63 bits per heavy atom. The third-order valence-corrected chi connectivity index (χ3v) is 4.40. The van der Waals surface area contributed by atoms with Crippen LogP contribution in [0.4, 0.5) is 0 Å². The van der Waals surface area contributed by atoms with Gasteiger partial charge in [0.25, 0.3) is 0 Å². The first-order valence-corrected chi connectivity index (χ1v) is 7.03. The molecule has 2 unspecified atom stereocenters. The van der Waals surface area contributed by atoms with E-state index in [1.165, 1.54) is 12.0 Å². The van der Waals surface area contributed by atoms with Crippen LogP contribution in [-0.4, -0.2) is 19.3 Å². The van der Waals surface area contributed by atoms with Crippen LogP contribution in [0, 0.1) is 13.8 Å². The molecule has 2 atom stereocenters. The Hall–Kier alpha value is -1.06. The van der Waals surface area contributed by atoms with Crippen molar-refractivity contribution in [2.45, 2.75) is 51.7 Å². The van der Waals surface area contributed by atoms with E-state index in [1.807, 2.05) is 0 Å². The second kappa shape index (κ2) is 5.51. The maximum Gasteiger partial charge on any atom is 0.126 e. The fourth-order valence-electron chi connectivity index (χ4n) is 2.86. The average Bonchev–Trinajstić information content (AvgIpc) is 2.41. The van der Waals surface area contributed by atoms with Gasteiger partial charge in [-0.3, -0.25) is 0 Å². The number of rotatable bonds is 3. The summed E-state index contributed by atoms with van der Waals surface area (Å²) in [4.78, 5) is 0. The van der Waals surface area contributed by atoms with Crippen LogP contribution < -0.4 is 10.5 Å². The first-order chi connectivity index (χ1) is 8.99. The summed E-state index contributed by atoms with van der Waals surface area (Å²) < 4.78 is 11.5. The molecule has 106 valence electrons. The van der Waals surface area contributed by atoms with Gasteiger partial charge in [0.2, 0.25) is 0 Å². The SMILES string of the molecule is COc1c(C(N)C2(C)CCCCO2)ccc(C)c1C. The lowest BCUT2D eigenvalue weighted by atomic mass is 9.83. The van der Waals surface area contributed by atoms with E-state index in [4.69, 9.17) is 15.2 Å². The zero-order valence-electron chi connectivity index (χ0n) is 12.5. The van der Waals surface area contributed by atoms with Crippen LogP contribution in [0.2, 0.25) is 0 Å². The normalized spacial score (nSPS) is 25.1. The highest BCUT2D eigenvalue weighted by molar-refractivity contribution is 5.47. The largest absolute Gasteiger partial charge is 0.496 e. The predicted octanol–water partition coefficient (Wildman–Crippen LogP) is 3.27.